The van der Waals surface area contributed by atoms with Gasteiger partial charge in [0.1, 0.15) is 11.5 Å². The van der Waals surface area contributed by atoms with Crippen LogP contribution in [0, 0.1) is 71.1 Å². The van der Waals surface area contributed by atoms with E-state index in [1.165, 1.54) is 157 Å². The second-order valence-corrected chi connectivity index (χ2v) is 39.6. The van der Waals surface area contributed by atoms with E-state index in [0.29, 0.717) is 41.0 Å². The number of benzene rings is 12. The van der Waals surface area contributed by atoms with E-state index in [-0.39, 0.29) is 22.3 Å². The van der Waals surface area contributed by atoms with Gasteiger partial charge in [-0.3, -0.25) is 0 Å². The fourth-order valence-corrected chi connectivity index (χ4v) is 15.1. The van der Waals surface area contributed by atoms with Crippen molar-refractivity contribution < 1.29 is 4.74 Å². The van der Waals surface area contributed by atoms with Gasteiger partial charge >= 0.3 is 0 Å². The van der Waals surface area contributed by atoms with Crippen molar-refractivity contribution >= 4 is 28.6 Å². The molecule has 0 unspecified atom stereocenters. The van der Waals surface area contributed by atoms with E-state index < -0.39 is 0 Å². The SMILES string of the molecule is C.C.C.CC(C)Cc1ccc(-c2cscn2)cc1.CC(C)Cc1ccc(Cl)cc1.CC(C)c1ccc(C2CCCCC2)cc1.CC(C)c1ccc(Oc2ccccc2N)cc1.Cc1ccc(C(C)C)cc1.Cc1ccc(C(C)C)cc1.Cc1ccc(CC(C)C)cc1.Cc1ccc(CC(C)C)cc1.Cc1cccc(-c2ccc(C(C)C)cc2)c1.Cc1cccc(CC(C)C)c1. The van der Waals surface area contributed by atoms with Crippen LogP contribution >= 0.6 is 22.9 Å². The molecule has 0 bridgehead atoms. The van der Waals surface area contributed by atoms with Crippen LogP contribution in [0.2, 0.25) is 5.02 Å². The fraction of sp³-hybridized carbons (Fsp3) is 0.400. The van der Waals surface area contributed by atoms with Gasteiger partial charge in [-0.25, -0.2) is 4.98 Å². The first kappa shape index (κ1) is 116. The van der Waals surface area contributed by atoms with Gasteiger partial charge in [-0.05, 0) is 260 Å². The Bertz CT molecular complexity index is 4820. The third-order valence-corrected chi connectivity index (χ3v) is 22.8. The van der Waals surface area contributed by atoms with Gasteiger partial charge in [0.15, 0.2) is 0 Å². The summed E-state index contributed by atoms with van der Waals surface area (Å²) < 4.78 is 5.72. The van der Waals surface area contributed by atoms with Crippen molar-refractivity contribution in [3.63, 3.8) is 0 Å². The van der Waals surface area contributed by atoms with E-state index in [4.69, 9.17) is 22.1 Å². The van der Waals surface area contributed by atoms with E-state index >= 15 is 0 Å². The average Bonchev–Trinajstić information content (AvgIpc) is 1.50. The predicted molar refractivity (Wildman–Crippen MR) is 584 cm³/mol. The zero-order chi connectivity index (χ0) is 93.3. The maximum atomic E-state index is 5.82. The highest BCUT2D eigenvalue weighted by molar-refractivity contribution is 7.07. The molecule has 0 saturated heterocycles. The molecule has 0 aliphatic heterocycles. The lowest BCUT2D eigenvalue weighted by Gasteiger charge is -2.22. The van der Waals surface area contributed by atoms with Crippen molar-refractivity contribution in [2.45, 2.75) is 302 Å². The molecule has 1 aromatic heterocycles. The highest BCUT2D eigenvalue weighted by Gasteiger charge is 2.16. The molecule has 1 aliphatic carbocycles. The highest BCUT2D eigenvalue weighted by atomic mass is 35.5. The number of nitrogen functional groups attached to an aromatic ring is 1. The fourth-order valence-electron chi connectivity index (χ4n) is 14.4. The van der Waals surface area contributed by atoms with E-state index in [1.807, 2.05) is 54.0 Å². The third-order valence-electron chi connectivity index (χ3n) is 21.9. The van der Waals surface area contributed by atoms with Crippen LogP contribution in [-0.4, -0.2) is 4.98 Å². The Kier molecular flexibility index (Phi) is 57.3. The molecule has 702 valence electrons. The van der Waals surface area contributed by atoms with Gasteiger partial charge < -0.3 is 10.5 Å². The molecule has 1 heterocycles. The number of hydrogen-bond donors (Lipinski definition) is 1. The normalized spacial score (nSPS) is 11.2. The molecule has 1 aliphatic rings. The summed E-state index contributed by atoms with van der Waals surface area (Å²) in [5.74, 6) is 9.18. The maximum Gasteiger partial charge on any atom is 0.150 e. The number of aryl methyl sites for hydroxylation is 6. The Morgan fingerprint density at radius 3 is 0.992 bits per heavy atom. The quantitative estimate of drug-likeness (QED) is 0.0774. The number of halogens is 1. The van der Waals surface area contributed by atoms with Gasteiger partial charge in [-0.2, -0.15) is 0 Å². The Hall–Kier alpha value is -9.84. The molecule has 130 heavy (non-hydrogen) atoms. The minimum atomic E-state index is 0. The first-order valence-electron chi connectivity index (χ1n) is 47.4. The summed E-state index contributed by atoms with van der Waals surface area (Å²) in [5, 5.41) is 2.90. The minimum Gasteiger partial charge on any atom is -0.455 e. The van der Waals surface area contributed by atoms with Crippen molar-refractivity contribution in [3.05, 3.63) is 402 Å². The van der Waals surface area contributed by atoms with Crippen LogP contribution in [0.4, 0.5) is 5.69 Å². The summed E-state index contributed by atoms with van der Waals surface area (Å²) >= 11 is 7.39. The minimum absolute atomic E-state index is 0. The Morgan fingerprint density at radius 2 is 0.638 bits per heavy atom. The Balaban J connectivity index is 0.000000490. The van der Waals surface area contributed by atoms with E-state index in [1.54, 1.807) is 16.9 Å². The van der Waals surface area contributed by atoms with Crippen molar-refractivity contribution in [1.29, 1.82) is 0 Å². The number of para-hydroxylation sites is 2. The first-order chi connectivity index (χ1) is 60.5. The Labute approximate surface area is 805 Å². The molecule has 5 heteroatoms. The molecule has 3 nitrogen and oxygen atoms in total. The molecule has 13 aromatic rings. The van der Waals surface area contributed by atoms with Crippen LogP contribution in [0.3, 0.4) is 0 Å². The summed E-state index contributed by atoms with van der Waals surface area (Å²) in [6.07, 6.45) is 13.0. The van der Waals surface area contributed by atoms with Crippen molar-refractivity contribution in [2.24, 2.45) is 29.6 Å². The lowest BCUT2D eigenvalue weighted by molar-refractivity contribution is 0.443. The van der Waals surface area contributed by atoms with Crippen molar-refractivity contribution in [2.75, 3.05) is 5.73 Å². The van der Waals surface area contributed by atoms with Crippen LogP contribution in [0.25, 0.3) is 22.4 Å². The van der Waals surface area contributed by atoms with Gasteiger partial charge in [0, 0.05) is 16.0 Å². The monoisotopic (exact) mass is 1790 g/mol. The molecule has 0 atom stereocenters. The smallest absolute Gasteiger partial charge is 0.150 e. The topological polar surface area (TPSA) is 48.1 Å². The lowest BCUT2D eigenvalue weighted by atomic mass is 9.83. The van der Waals surface area contributed by atoms with Gasteiger partial charge in [0.2, 0.25) is 0 Å². The predicted octanol–water partition coefficient (Wildman–Crippen LogP) is 39.1. The number of nitrogens with zero attached hydrogens (tertiary/aromatic N) is 1. The van der Waals surface area contributed by atoms with Gasteiger partial charge in [-0.1, -0.05) is 480 Å². The molecular weight excluding hydrogens is 1610 g/mol. The second kappa shape index (κ2) is 64.1. The van der Waals surface area contributed by atoms with Crippen molar-refractivity contribution in [3.8, 4) is 33.9 Å². The van der Waals surface area contributed by atoms with Crippen LogP contribution in [0.5, 0.6) is 11.5 Å². The van der Waals surface area contributed by atoms with Crippen LogP contribution in [-0.2, 0) is 32.1 Å². The summed E-state index contributed by atoms with van der Waals surface area (Å²) in [6.45, 7) is 57.3. The number of anilines is 1. The number of rotatable bonds is 20. The number of ether oxygens (including phenoxy) is 1. The molecule has 14 rings (SSSR count). The molecule has 0 amide bonds. The number of aromatic nitrogens is 1. The summed E-state index contributed by atoms with van der Waals surface area (Å²) in [7, 11) is 0. The molecule has 0 radical (unpaired) electrons. The van der Waals surface area contributed by atoms with Crippen LogP contribution in [0.15, 0.2) is 302 Å². The maximum absolute atomic E-state index is 5.82. The first-order valence-corrected chi connectivity index (χ1v) is 48.7. The van der Waals surface area contributed by atoms with E-state index in [0.717, 1.165) is 64.8 Å². The zero-order valence-electron chi connectivity index (χ0n) is 83.0. The molecule has 1 saturated carbocycles. The van der Waals surface area contributed by atoms with Crippen molar-refractivity contribution in [1.82, 2.24) is 4.98 Å². The molecule has 1 fully saturated rings. The summed E-state index contributed by atoms with van der Waals surface area (Å²) in [5.41, 5.74) is 37.0. The second-order valence-electron chi connectivity index (χ2n) is 38.4. The third kappa shape index (κ3) is 48.9. The molecular formula is C125H173ClN2OS. The highest BCUT2D eigenvalue weighted by Crippen LogP contribution is 2.34. The number of hydrogen-bond acceptors (Lipinski definition) is 4. The van der Waals surface area contributed by atoms with Gasteiger partial charge in [0.25, 0.3) is 0 Å². The van der Waals surface area contributed by atoms with Crippen LogP contribution in [0.1, 0.15) is 323 Å². The summed E-state index contributed by atoms with van der Waals surface area (Å²) in [6, 6.07) is 103. The number of nitrogens with two attached hydrogens (primary N) is 1. The van der Waals surface area contributed by atoms with E-state index in [2.05, 4.69) is 433 Å². The van der Waals surface area contributed by atoms with Gasteiger partial charge in [0.05, 0.1) is 16.9 Å². The molecule has 2 N–H and O–H groups in total. The zero-order valence-corrected chi connectivity index (χ0v) is 84.6. The lowest BCUT2D eigenvalue weighted by Crippen LogP contribution is -2.04. The average molecular weight is 1790 g/mol. The molecule has 0 spiro atoms. The Morgan fingerprint density at radius 1 is 0.315 bits per heavy atom. The molecule has 12 aromatic carbocycles. The van der Waals surface area contributed by atoms with Gasteiger partial charge in [-0.15, -0.1) is 11.3 Å². The van der Waals surface area contributed by atoms with Crippen LogP contribution < -0.4 is 10.5 Å². The number of thiazole rings is 1. The summed E-state index contributed by atoms with van der Waals surface area (Å²) in [4.78, 5) is 4.30. The standard InChI is InChI=1S/C16H18.C15H17NO.C15H22.C13H15NS.3C11H16.C10H13Cl.2C10H14.3CH4/c1-12(2)14-7-9-15(10-8-14)16-6-4-5-13(3)11-16;1-11(2)12-7-9-13(10-8-12)17-15-6-4-3-5-14(15)16;1-12(2)13-8-10-15(11-9-13)14-6-4-3-5-7-14;1-10(2)7-11-3-5-12(6-4-11)13-8-15-9-14-13;2*1-9(2)8-11-6-4-10(3)5-7-11;1-9(2)7-11-6-4-5-10(3)8-11;1-8(2)7-9-3-5-10(11)6-4-9;2*1-8(2)10-6-4-9(3)5-7-10;;;/h4-12H,1-3H3;3-11H,16H2,1-2H3;8-12,14H,3-7H2,1-2H3;3-6,8-10H,7H2,1-2H3;2*4-7,9H,8H2,1-3H3;4-6,8-9H,7H2,1-3H3;3-6,8H,7H2,1-2H3;2*4-8H,1-3H3;3*1H4. The largest absolute Gasteiger partial charge is 0.455 e. The van der Waals surface area contributed by atoms with E-state index in [9.17, 15) is 0 Å².